The Morgan fingerprint density at radius 1 is 1.16 bits per heavy atom. The Bertz CT molecular complexity index is 784. The van der Waals surface area contributed by atoms with Gasteiger partial charge < -0.3 is 9.47 Å². The van der Waals surface area contributed by atoms with E-state index in [1.807, 2.05) is 0 Å². The van der Waals surface area contributed by atoms with E-state index in [2.05, 4.69) is 14.8 Å². The molecule has 1 saturated heterocycles. The fourth-order valence-corrected chi connectivity index (χ4v) is 3.85. The zero-order valence-electron chi connectivity index (χ0n) is 13.9. The molecule has 1 aromatic heterocycles. The maximum absolute atomic E-state index is 13.8. The molecule has 1 unspecified atom stereocenters. The zero-order chi connectivity index (χ0) is 17.4. The quantitative estimate of drug-likeness (QED) is 0.858. The molecule has 2 aromatic rings. The van der Waals surface area contributed by atoms with E-state index in [4.69, 9.17) is 0 Å². The minimum absolute atomic E-state index is 0.141. The molecule has 2 aliphatic rings. The van der Waals surface area contributed by atoms with Gasteiger partial charge in [-0.25, -0.2) is 8.78 Å². The van der Waals surface area contributed by atoms with Crippen LogP contribution >= 0.6 is 0 Å². The zero-order valence-corrected chi connectivity index (χ0v) is 13.9. The van der Waals surface area contributed by atoms with E-state index < -0.39 is 11.6 Å². The van der Waals surface area contributed by atoms with E-state index in [-0.39, 0.29) is 23.8 Å². The number of halogens is 2. The van der Waals surface area contributed by atoms with Gasteiger partial charge in [-0.15, -0.1) is 10.2 Å². The standard InChI is InChI=1S/C18H20F2N4O/c19-14-5-1-6-15(20)13(14)10-17(25)23-8-2-4-12(11-23)18-22-21-16-7-3-9-24(16)18/h1,5-6,12H,2-4,7-11H2. The second kappa shape index (κ2) is 6.54. The van der Waals surface area contributed by atoms with E-state index in [0.29, 0.717) is 13.1 Å². The summed E-state index contributed by atoms with van der Waals surface area (Å²) in [6.45, 7) is 2.09. The Morgan fingerprint density at radius 2 is 1.96 bits per heavy atom. The first kappa shape index (κ1) is 16.2. The third-order valence-electron chi connectivity index (χ3n) is 5.17. The predicted molar refractivity (Wildman–Crippen MR) is 87.0 cm³/mol. The average Bonchev–Trinajstić information content (AvgIpc) is 3.21. The number of fused-ring (bicyclic) bond motifs is 1. The lowest BCUT2D eigenvalue weighted by atomic mass is 9.96. The highest BCUT2D eigenvalue weighted by molar-refractivity contribution is 5.79. The molecule has 5 nitrogen and oxygen atoms in total. The Balaban J connectivity index is 1.48. The van der Waals surface area contributed by atoms with Crippen LogP contribution < -0.4 is 0 Å². The summed E-state index contributed by atoms with van der Waals surface area (Å²) in [5.74, 6) is 0.528. The largest absolute Gasteiger partial charge is 0.342 e. The fraction of sp³-hybridized carbons (Fsp3) is 0.500. The van der Waals surface area contributed by atoms with Crippen LogP contribution in [0.25, 0.3) is 0 Å². The molecule has 132 valence electrons. The summed E-state index contributed by atoms with van der Waals surface area (Å²) in [5, 5.41) is 8.57. The van der Waals surface area contributed by atoms with Crippen molar-refractivity contribution in [3.05, 3.63) is 47.0 Å². The number of carbonyl (C=O) groups excluding carboxylic acids is 1. The Hall–Kier alpha value is -2.31. The molecule has 3 heterocycles. The summed E-state index contributed by atoms with van der Waals surface area (Å²) < 4.78 is 29.8. The van der Waals surface area contributed by atoms with Gasteiger partial charge >= 0.3 is 0 Å². The van der Waals surface area contributed by atoms with Crippen molar-refractivity contribution in [3.8, 4) is 0 Å². The summed E-state index contributed by atoms with van der Waals surface area (Å²) in [6.07, 6.45) is 3.60. The lowest BCUT2D eigenvalue weighted by molar-refractivity contribution is -0.131. The van der Waals surface area contributed by atoms with E-state index in [1.54, 1.807) is 4.90 Å². The molecular weight excluding hydrogens is 326 g/mol. The van der Waals surface area contributed by atoms with Crippen LogP contribution in [0.1, 0.15) is 42.4 Å². The van der Waals surface area contributed by atoms with Crippen LogP contribution in [0.15, 0.2) is 18.2 Å². The van der Waals surface area contributed by atoms with E-state index in [0.717, 1.165) is 43.9 Å². The molecule has 0 N–H and O–H groups in total. The lowest BCUT2D eigenvalue weighted by Crippen LogP contribution is -2.40. The molecule has 25 heavy (non-hydrogen) atoms. The summed E-state index contributed by atoms with van der Waals surface area (Å²) in [7, 11) is 0. The number of likely N-dealkylation sites (tertiary alicyclic amines) is 1. The number of hydrogen-bond acceptors (Lipinski definition) is 3. The van der Waals surface area contributed by atoms with E-state index in [1.165, 1.54) is 18.2 Å². The van der Waals surface area contributed by atoms with Gasteiger partial charge in [0.25, 0.3) is 0 Å². The third-order valence-corrected chi connectivity index (χ3v) is 5.17. The second-order valence-corrected chi connectivity index (χ2v) is 6.79. The van der Waals surface area contributed by atoms with Gasteiger partial charge in [-0.1, -0.05) is 6.07 Å². The Labute approximate surface area is 144 Å². The molecule has 2 aliphatic heterocycles. The van der Waals surface area contributed by atoms with E-state index in [9.17, 15) is 13.6 Å². The number of nitrogens with zero attached hydrogens (tertiary/aromatic N) is 4. The number of hydrogen-bond donors (Lipinski definition) is 0. The number of aromatic nitrogens is 3. The summed E-state index contributed by atoms with van der Waals surface area (Å²) >= 11 is 0. The number of aryl methyl sites for hydroxylation is 1. The van der Waals surface area contributed by atoms with Crippen LogP contribution in [0, 0.1) is 11.6 Å². The van der Waals surface area contributed by atoms with Crippen LogP contribution in [0.4, 0.5) is 8.78 Å². The van der Waals surface area contributed by atoms with Crippen LogP contribution in [-0.4, -0.2) is 38.7 Å². The first-order valence-corrected chi connectivity index (χ1v) is 8.76. The monoisotopic (exact) mass is 346 g/mol. The van der Waals surface area contributed by atoms with Crippen molar-refractivity contribution in [3.63, 3.8) is 0 Å². The van der Waals surface area contributed by atoms with Crippen LogP contribution in [0.2, 0.25) is 0 Å². The molecule has 1 atom stereocenters. The molecule has 7 heteroatoms. The van der Waals surface area contributed by atoms with Crippen molar-refractivity contribution in [1.82, 2.24) is 19.7 Å². The smallest absolute Gasteiger partial charge is 0.227 e. The highest BCUT2D eigenvalue weighted by Gasteiger charge is 2.30. The van der Waals surface area contributed by atoms with Crippen LogP contribution in [0.3, 0.4) is 0 Å². The molecule has 4 rings (SSSR count). The number of carbonyl (C=O) groups is 1. The predicted octanol–water partition coefficient (Wildman–Crippen LogP) is 2.45. The van der Waals surface area contributed by atoms with Crippen molar-refractivity contribution in [2.24, 2.45) is 0 Å². The molecule has 0 spiro atoms. The topological polar surface area (TPSA) is 51.0 Å². The average molecular weight is 346 g/mol. The van der Waals surface area contributed by atoms with Gasteiger partial charge in [0, 0.05) is 37.5 Å². The highest BCUT2D eigenvalue weighted by atomic mass is 19.1. The number of benzene rings is 1. The Kier molecular flexibility index (Phi) is 4.23. The van der Waals surface area contributed by atoms with E-state index >= 15 is 0 Å². The molecule has 0 saturated carbocycles. The number of piperidine rings is 1. The first-order chi connectivity index (χ1) is 12.1. The van der Waals surface area contributed by atoms with Crippen molar-refractivity contribution in [2.75, 3.05) is 13.1 Å². The molecule has 1 amide bonds. The number of rotatable bonds is 3. The van der Waals surface area contributed by atoms with Crippen molar-refractivity contribution >= 4 is 5.91 Å². The van der Waals surface area contributed by atoms with Gasteiger partial charge in [0.05, 0.1) is 6.42 Å². The highest BCUT2D eigenvalue weighted by Crippen LogP contribution is 2.29. The first-order valence-electron chi connectivity index (χ1n) is 8.76. The minimum Gasteiger partial charge on any atom is -0.342 e. The fourth-order valence-electron chi connectivity index (χ4n) is 3.85. The van der Waals surface area contributed by atoms with Gasteiger partial charge in [-0.05, 0) is 31.4 Å². The molecule has 1 fully saturated rings. The summed E-state index contributed by atoms with van der Waals surface area (Å²) in [6, 6.07) is 3.68. The molecule has 0 bridgehead atoms. The van der Waals surface area contributed by atoms with Crippen molar-refractivity contribution in [1.29, 1.82) is 0 Å². The van der Waals surface area contributed by atoms with Gasteiger partial charge in [-0.2, -0.15) is 0 Å². The maximum atomic E-state index is 13.8. The number of amides is 1. The second-order valence-electron chi connectivity index (χ2n) is 6.79. The Morgan fingerprint density at radius 3 is 2.76 bits per heavy atom. The van der Waals surface area contributed by atoms with Gasteiger partial charge in [0.1, 0.15) is 23.3 Å². The minimum atomic E-state index is -0.669. The molecule has 1 aromatic carbocycles. The SMILES string of the molecule is O=C(Cc1c(F)cccc1F)N1CCCC(c2nnc3n2CCC3)C1. The van der Waals surface area contributed by atoms with Gasteiger partial charge in [0.15, 0.2) is 0 Å². The molecule has 0 aliphatic carbocycles. The van der Waals surface area contributed by atoms with Crippen molar-refractivity contribution in [2.45, 2.75) is 44.6 Å². The molecular formula is C18H20F2N4O. The molecule has 0 radical (unpaired) electrons. The van der Waals surface area contributed by atoms with Crippen molar-refractivity contribution < 1.29 is 13.6 Å². The van der Waals surface area contributed by atoms with Gasteiger partial charge in [-0.3, -0.25) is 4.79 Å². The summed E-state index contributed by atoms with van der Waals surface area (Å²) in [5.41, 5.74) is -0.155. The third kappa shape index (κ3) is 3.03. The summed E-state index contributed by atoms with van der Waals surface area (Å²) in [4.78, 5) is 14.3. The van der Waals surface area contributed by atoms with Gasteiger partial charge in [0.2, 0.25) is 5.91 Å². The van der Waals surface area contributed by atoms with Crippen LogP contribution in [0.5, 0.6) is 0 Å². The van der Waals surface area contributed by atoms with Crippen LogP contribution in [-0.2, 0) is 24.2 Å². The normalized spacial score (nSPS) is 19.9. The lowest BCUT2D eigenvalue weighted by Gasteiger charge is -2.32. The maximum Gasteiger partial charge on any atom is 0.227 e.